The molecule has 1 aliphatic rings. The molecule has 0 saturated carbocycles. The van der Waals surface area contributed by atoms with Crippen LogP contribution in [0.1, 0.15) is 55.7 Å². The Morgan fingerprint density at radius 2 is 1.85 bits per heavy atom. The molecule has 0 unspecified atom stereocenters. The van der Waals surface area contributed by atoms with Crippen LogP contribution in [0.25, 0.3) is 11.1 Å². The van der Waals surface area contributed by atoms with Gasteiger partial charge in [0.2, 0.25) is 0 Å². The van der Waals surface area contributed by atoms with E-state index in [-0.39, 0.29) is 0 Å². The molecule has 1 radical (unpaired) electrons. The summed E-state index contributed by atoms with van der Waals surface area (Å²) in [6.07, 6.45) is 9.05. The van der Waals surface area contributed by atoms with Crippen molar-refractivity contribution in [3.63, 3.8) is 0 Å². The summed E-state index contributed by atoms with van der Waals surface area (Å²) in [5.74, 6) is 0. The van der Waals surface area contributed by atoms with Crippen molar-refractivity contribution in [2.24, 2.45) is 0 Å². The molecule has 0 atom stereocenters. The molecule has 2 aromatic rings. The zero-order chi connectivity index (χ0) is 13.8. The monoisotopic (exact) mass is 263 g/mol. The van der Waals surface area contributed by atoms with Gasteiger partial charge in [-0.25, -0.2) is 0 Å². The Balaban J connectivity index is 1.76. The lowest BCUT2D eigenvalue weighted by Crippen LogP contribution is -1.92. The molecule has 0 heterocycles. The van der Waals surface area contributed by atoms with E-state index in [2.05, 4.69) is 49.4 Å². The number of benzene rings is 2. The van der Waals surface area contributed by atoms with Crippen LogP contribution in [0.15, 0.2) is 36.4 Å². The molecule has 2 aromatic carbocycles. The van der Waals surface area contributed by atoms with Crippen molar-refractivity contribution in [3.8, 4) is 11.1 Å². The molecule has 0 fully saturated rings. The summed E-state index contributed by atoms with van der Waals surface area (Å²) in [7, 11) is 0. The molecule has 0 nitrogen and oxygen atoms in total. The van der Waals surface area contributed by atoms with E-state index in [1.54, 1.807) is 0 Å². The first-order chi connectivity index (χ1) is 9.90. The van der Waals surface area contributed by atoms with Crippen LogP contribution in [0, 0.1) is 6.07 Å². The van der Waals surface area contributed by atoms with E-state index in [1.807, 2.05) is 0 Å². The molecule has 103 valence electrons. The molecule has 0 saturated heterocycles. The second kappa shape index (κ2) is 6.26. The van der Waals surface area contributed by atoms with Gasteiger partial charge in [0.25, 0.3) is 0 Å². The van der Waals surface area contributed by atoms with Gasteiger partial charge in [-0.2, -0.15) is 0 Å². The molecule has 0 N–H and O–H groups in total. The van der Waals surface area contributed by atoms with E-state index in [4.69, 9.17) is 0 Å². The zero-order valence-electron chi connectivity index (χ0n) is 12.4. The van der Waals surface area contributed by atoms with Crippen molar-refractivity contribution in [1.82, 2.24) is 0 Å². The number of hydrogen-bond donors (Lipinski definition) is 0. The first kappa shape index (κ1) is 13.4. The van der Waals surface area contributed by atoms with Gasteiger partial charge in [-0.05, 0) is 53.1 Å². The molecule has 0 amide bonds. The highest BCUT2D eigenvalue weighted by Gasteiger charge is 2.20. The van der Waals surface area contributed by atoms with Gasteiger partial charge in [0.1, 0.15) is 0 Å². The Morgan fingerprint density at radius 3 is 2.75 bits per heavy atom. The van der Waals surface area contributed by atoms with Crippen LogP contribution in [0.2, 0.25) is 0 Å². The first-order valence-electron chi connectivity index (χ1n) is 8.01. The van der Waals surface area contributed by atoms with Crippen molar-refractivity contribution in [2.45, 2.75) is 51.9 Å². The Morgan fingerprint density at radius 1 is 1.00 bits per heavy atom. The molecule has 0 aliphatic heterocycles. The summed E-state index contributed by atoms with van der Waals surface area (Å²) < 4.78 is 0. The summed E-state index contributed by atoms with van der Waals surface area (Å²) in [6, 6.07) is 16.7. The molecular weight excluding hydrogens is 240 g/mol. The molecule has 0 bridgehead atoms. The van der Waals surface area contributed by atoms with E-state index in [0.29, 0.717) is 0 Å². The number of hydrogen-bond acceptors (Lipinski definition) is 0. The van der Waals surface area contributed by atoms with Crippen molar-refractivity contribution < 1.29 is 0 Å². The molecule has 0 heteroatoms. The van der Waals surface area contributed by atoms with Crippen LogP contribution >= 0.6 is 0 Å². The Hall–Kier alpha value is -1.56. The Bertz CT molecular complexity index is 580. The number of rotatable bonds is 6. The molecular formula is C20H23. The number of unbranched alkanes of at least 4 members (excludes halogenated alkanes) is 4. The standard InChI is InChI=1S/C20H23/c1-2-3-4-5-6-10-16-12-9-13-18-15-17-11-7-8-14-19(17)20(16)18/h7-9,11-12,14H,2-6,10,15H2,1H3. The van der Waals surface area contributed by atoms with E-state index in [0.717, 1.165) is 6.42 Å². The zero-order valence-corrected chi connectivity index (χ0v) is 12.4. The minimum atomic E-state index is 1.06. The summed E-state index contributed by atoms with van der Waals surface area (Å²) in [4.78, 5) is 0. The summed E-state index contributed by atoms with van der Waals surface area (Å²) in [5, 5.41) is 0. The van der Waals surface area contributed by atoms with Gasteiger partial charge in [-0.1, -0.05) is 69.0 Å². The molecule has 1 aliphatic carbocycles. The average Bonchev–Trinajstić information content (AvgIpc) is 2.86. The number of aryl methyl sites for hydroxylation is 1. The van der Waals surface area contributed by atoms with Gasteiger partial charge in [0, 0.05) is 0 Å². The van der Waals surface area contributed by atoms with Crippen LogP contribution in [0.5, 0.6) is 0 Å². The Labute approximate surface area is 122 Å². The predicted molar refractivity (Wildman–Crippen MR) is 86.0 cm³/mol. The quantitative estimate of drug-likeness (QED) is 0.510. The smallest absolute Gasteiger partial charge is 0.000718 e. The fourth-order valence-corrected chi connectivity index (χ4v) is 3.30. The van der Waals surface area contributed by atoms with Gasteiger partial charge in [-0.15, -0.1) is 0 Å². The lowest BCUT2D eigenvalue weighted by Gasteiger charge is -2.09. The van der Waals surface area contributed by atoms with Gasteiger partial charge < -0.3 is 0 Å². The summed E-state index contributed by atoms with van der Waals surface area (Å²) in [6.45, 7) is 2.27. The Kier molecular flexibility index (Phi) is 4.20. The third-order valence-corrected chi connectivity index (χ3v) is 4.37. The third kappa shape index (κ3) is 2.65. The van der Waals surface area contributed by atoms with E-state index >= 15 is 0 Å². The SMILES string of the molecule is CCCCCCCc1cc[c]c2c1-c1ccccc1C2. The lowest BCUT2D eigenvalue weighted by atomic mass is 9.95. The maximum absolute atomic E-state index is 3.45. The minimum Gasteiger partial charge on any atom is -0.0654 e. The fourth-order valence-electron chi connectivity index (χ4n) is 3.30. The van der Waals surface area contributed by atoms with Gasteiger partial charge in [0.15, 0.2) is 0 Å². The first-order valence-corrected chi connectivity index (χ1v) is 8.01. The van der Waals surface area contributed by atoms with Crippen molar-refractivity contribution in [1.29, 1.82) is 0 Å². The third-order valence-electron chi connectivity index (χ3n) is 4.37. The van der Waals surface area contributed by atoms with Gasteiger partial charge in [-0.3, -0.25) is 0 Å². The lowest BCUT2D eigenvalue weighted by molar-refractivity contribution is 0.632. The second-order valence-electron chi connectivity index (χ2n) is 5.85. The van der Waals surface area contributed by atoms with Gasteiger partial charge >= 0.3 is 0 Å². The normalized spacial score (nSPS) is 12.2. The molecule has 0 spiro atoms. The number of fused-ring (bicyclic) bond motifs is 3. The maximum atomic E-state index is 3.45. The van der Waals surface area contributed by atoms with Crippen molar-refractivity contribution in [3.05, 3.63) is 59.2 Å². The average molecular weight is 263 g/mol. The van der Waals surface area contributed by atoms with Gasteiger partial charge in [0.05, 0.1) is 0 Å². The predicted octanol–water partition coefficient (Wildman–Crippen LogP) is 5.57. The van der Waals surface area contributed by atoms with E-state index in [9.17, 15) is 0 Å². The van der Waals surface area contributed by atoms with E-state index in [1.165, 1.54) is 66.3 Å². The molecule has 3 rings (SSSR count). The molecule has 0 aromatic heterocycles. The van der Waals surface area contributed by atoms with Crippen LogP contribution in [0.4, 0.5) is 0 Å². The highest BCUT2D eigenvalue weighted by molar-refractivity contribution is 5.79. The van der Waals surface area contributed by atoms with Crippen LogP contribution < -0.4 is 0 Å². The molecule has 20 heavy (non-hydrogen) atoms. The van der Waals surface area contributed by atoms with Crippen LogP contribution in [-0.2, 0) is 12.8 Å². The fraction of sp³-hybridized carbons (Fsp3) is 0.400. The highest BCUT2D eigenvalue weighted by Crippen LogP contribution is 2.38. The topological polar surface area (TPSA) is 0 Å². The van der Waals surface area contributed by atoms with E-state index < -0.39 is 0 Å². The largest absolute Gasteiger partial charge is 0.0654 e. The van der Waals surface area contributed by atoms with Crippen molar-refractivity contribution >= 4 is 0 Å². The summed E-state index contributed by atoms with van der Waals surface area (Å²) >= 11 is 0. The van der Waals surface area contributed by atoms with Crippen LogP contribution in [0.3, 0.4) is 0 Å². The highest BCUT2D eigenvalue weighted by atomic mass is 14.2. The van der Waals surface area contributed by atoms with Crippen LogP contribution in [-0.4, -0.2) is 0 Å². The van der Waals surface area contributed by atoms with Crippen molar-refractivity contribution in [2.75, 3.05) is 0 Å². The minimum absolute atomic E-state index is 1.06. The second-order valence-corrected chi connectivity index (χ2v) is 5.85. The summed E-state index contributed by atoms with van der Waals surface area (Å²) in [5.41, 5.74) is 7.33. The maximum Gasteiger partial charge on any atom is -0.000718 e.